The molecular formula is C15H15F5O4. The number of ether oxygens (including phenoxy) is 2. The van der Waals surface area contributed by atoms with Gasteiger partial charge in [0, 0.05) is 17.4 Å². The number of carbonyl (C=O) groups is 1. The quantitative estimate of drug-likeness (QED) is 0.654. The Balaban J connectivity index is 2.61. The number of methoxy groups -OCH3 is 1. The molecule has 4 unspecified atom stereocenters. The molecule has 1 saturated heterocycles. The number of hydrogen-bond donors (Lipinski definition) is 1. The van der Waals surface area contributed by atoms with E-state index in [4.69, 9.17) is 4.74 Å². The fourth-order valence-corrected chi connectivity index (χ4v) is 2.94. The molecule has 1 aromatic rings. The molecule has 0 saturated carbocycles. The molecule has 2 rings (SSSR count). The van der Waals surface area contributed by atoms with Crippen molar-refractivity contribution in [2.75, 3.05) is 7.11 Å². The normalized spacial score (nSPS) is 30.4. The monoisotopic (exact) mass is 354 g/mol. The standard InChI is InChI=1S/C15H15F5O4/c1-6-9(7-4-5-8(16)10(17)11(7)21)12(13(22)23-3)24-14(6,2)15(18,19)20/h4-6,9,12,21H,1-3H3. The average Bonchev–Trinajstić information content (AvgIpc) is 2.78. The number of rotatable bonds is 2. The number of hydrogen-bond acceptors (Lipinski definition) is 4. The fraction of sp³-hybridized carbons (Fsp3) is 0.533. The molecular weight excluding hydrogens is 339 g/mol. The van der Waals surface area contributed by atoms with Crippen LogP contribution in [0, 0.1) is 17.6 Å². The van der Waals surface area contributed by atoms with Crippen molar-refractivity contribution in [3.05, 3.63) is 29.3 Å². The third-order valence-electron chi connectivity index (χ3n) is 4.56. The van der Waals surface area contributed by atoms with E-state index in [1.165, 1.54) is 0 Å². The molecule has 24 heavy (non-hydrogen) atoms. The maximum Gasteiger partial charge on any atom is 0.417 e. The van der Waals surface area contributed by atoms with Gasteiger partial charge in [-0.25, -0.2) is 9.18 Å². The zero-order valence-corrected chi connectivity index (χ0v) is 12.9. The third-order valence-corrected chi connectivity index (χ3v) is 4.56. The first kappa shape index (κ1) is 18.4. The molecule has 9 heteroatoms. The van der Waals surface area contributed by atoms with Gasteiger partial charge in [0.1, 0.15) is 0 Å². The van der Waals surface area contributed by atoms with E-state index >= 15 is 0 Å². The Hall–Kier alpha value is -1.90. The van der Waals surface area contributed by atoms with E-state index < -0.39 is 53.1 Å². The van der Waals surface area contributed by atoms with Crippen LogP contribution in [0.15, 0.2) is 12.1 Å². The van der Waals surface area contributed by atoms with Crippen molar-refractivity contribution in [1.29, 1.82) is 0 Å². The summed E-state index contributed by atoms with van der Waals surface area (Å²) in [6.45, 7) is 1.91. The summed E-state index contributed by atoms with van der Waals surface area (Å²) < 4.78 is 76.4. The zero-order chi connectivity index (χ0) is 18.4. The molecule has 1 aliphatic heterocycles. The molecule has 1 aliphatic rings. The van der Waals surface area contributed by atoms with Crippen LogP contribution < -0.4 is 0 Å². The van der Waals surface area contributed by atoms with Gasteiger partial charge in [0.15, 0.2) is 23.3 Å². The number of alkyl halides is 3. The number of carbonyl (C=O) groups excluding carboxylic acids is 1. The number of halogens is 5. The van der Waals surface area contributed by atoms with Gasteiger partial charge in [0.25, 0.3) is 0 Å². The molecule has 0 bridgehead atoms. The Bertz CT molecular complexity index is 660. The Morgan fingerprint density at radius 2 is 1.92 bits per heavy atom. The van der Waals surface area contributed by atoms with E-state index in [2.05, 4.69) is 4.74 Å². The van der Waals surface area contributed by atoms with E-state index in [9.17, 15) is 31.9 Å². The predicted octanol–water partition coefficient (Wildman–Crippen LogP) is 3.28. The number of benzene rings is 1. The molecule has 134 valence electrons. The highest BCUT2D eigenvalue weighted by Crippen LogP contribution is 2.54. The number of phenolic OH excluding ortho intramolecular Hbond substituents is 1. The molecule has 1 heterocycles. The van der Waals surface area contributed by atoms with E-state index in [-0.39, 0.29) is 5.56 Å². The van der Waals surface area contributed by atoms with Gasteiger partial charge in [-0.2, -0.15) is 17.6 Å². The van der Waals surface area contributed by atoms with E-state index in [0.717, 1.165) is 27.0 Å². The van der Waals surface area contributed by atoms with Crippen LogP contribution >= 0.6 is 0 Å². The van der Waals surface area contributed by atoms with Gasteiger partial charge in [-0.05, 0) is 13.0 Å². The molecule has 4 atom stereocenters. The van der Waals surface area contributed by atoms with Gasteiger partial charge in [-0.1, -0.05) is 13.0 Å². The topological polar surface area (TPSA) is 55.8 Å². The molecule has 4 nitrogen and oxygen atoms in total. The van der Waals surface area contributed by atoms with Crippen LogP contribution in [-0.4, -0.2) is 36.1 Å². The predicted molar refractivity (Wildman–Crippen MR) is 71.3 cm³/mol. The average molecular weight is 354 g/mol. The van der Waals surface area contributed by atoms with Crippen molar-refractivity contribution < 1.29 is 41.3 Å². The van der Waals surface area contributed by atoms with Crippen LogP contribution in [0.25, 0.3) is 0 Å². The second kappa shape index (κ2) is 5.87. The van der Waals surface area contributed by atoms with Crippen LogP contribution in [0.3, 0.4) is 0 Å². The summed E-state index contributed by atoms with van der Waals surface area (Å²) >= 11 is 0. The van der Waals surface area contributed by atoms with Crippen LogP contribution in [0.1, 0.15) is 25.3 Å². The van der Waals surface area contributed by atoms with Crippen molar-refractivity contribution >= 4 is 5.97 Å². The van der Waals surface area contributed by atoms with Gasteiger partial charge < -0.3 is 14.6 Å². The summed E-state index contributed by atoms with van der Waals surface area (Å²) in [6, 6.07) is 1.59. The minimum absolute atomic E-state index is 0.357. The second-order valence-corrected chi connectivity index (χ2v) is 5.78. The van der Waals surface area contributed by atoms with Gasteiger partial charge in [-0.3, -0.25) is 0 Å². The van der Waals surface area contributed by atoms with Crippen molar-refractivity contribution in [3.63, 3.8) is 0 Å². The SMILES string of the molecule is COC(=O)C1OC(C)(C(F)(F)F)C(C)C1c1ccc(F)c(F)c1O. The van der Waals surface area contributed by atoms with Crippen LogP contribution in [-0.2, 0) is 14.3 Å². The number of esters is 1. The van der Waals surface area contributed by atoms with Gasteiger partial charge in [0.05, 0.1) is 7.11 Å². The molecule has 1 aromatic carbocycles. The van der Waals surface area contributed by atoms with Gasteiger partial charge in [-0.15, -0.1) is 0 Å². The van der Waals surface area contributed by atoms with Gasteiger partial charge >= 0.3 is 12.1 Å². The lowest BCUT2D eigenvalue weighted by molar-refractivity contribution is -0.274. The summed E-state index contributed by atoms with van der Waals surface area (Å²) in [5.41, 5.74) is -3.09. The maximum absolute atomic E-state index is 13.6. The van der Waals surface area contributed by atoms with Crippen molar-refractivity contribution in [1.82, 2.24) is 0 Å². The lowest BCUT2D eigenvalue weighted by Crippen LogP contribution is -2.47. The Kier molecular flexibility index (Phi) is 4.51. The summed E-state index contributed by atoms with van der Waals surface area (Å²) in [5.74, 6) is -7.99. The Labute approximate surface area is 134 Å². The summed E-state index contributed by atoms with van der Waals surface area (Å²) in [4.78, 5) is 11.9. The zero-order valence-electron chi connectivity index (χ0n) is 12.9. The van der Waals surface area contributed by atoms with Crippen molar-refractivity contribution in [2.45, 2.75) is 37.6 Å². The molecule has 0 aromatic heterocycles. The van der Waals surface area contributed by atoms with E-state index in [1.807, 2.05) is 0 Å². The molecule has 1 N–H and O–H groups in total. The molecule has 1 fully saturated rings. The maximum atomic E-state index is 13.6. The highest BCUT2D eigenvalue weighted by Gasteiger charge is 2.66. The van der Waals surface area contributed by atoms with Crippen LogP contribution in [0.5, 0.6) is 5.75 Å². The summed E-state index contributed by atoms with van der Waals surface area (Å²) in [6.07, 6.45) is -6.56. The molecule has 0 aliphatic carbocycles. The second-order valence-electron chi connectivity index (χ2n) is 5.78. The molecule has 0 amide bonds. The highest BCUT2D eigenvalue weighted by atomic mass is 19.4. The van der Waals surface area contributed by atoms with E-state index in [1.54, 1.807) is 0 Å². The van der Waals surface area contributed by atoms with Crippen LogP contribution in [0.4, 0.5) is 22.0 Å². The lowest BCUT2D eigenvalue weighted by Gasteiger charge is -2.31. The van der Waals surface area contributed by atoms with Gasteiger partial charge in [0.2, 0.25) is 5.82 Å². The number of aromatic hydroxyl groups is 1. The van der Waals surface area contributed by atoms with Crippen LogP contribution in [0.2, 0.25) is 0 Å². The fourth-order valence-electron chi connectivity index (χ4n) is 2.94. The largest absolute Gasteiger partial charge is 0.505 e. The molecule has 0 spiro atoms. The molecule has 0 radical (unpaired) electrons. The van der Waals surface area contributed by atoms with Crippen molar-refractivity contribution in [2.24, 2.45) is 5.92 Å². The van der Waals surface area contributed by atoms with Crippen molar-refractivity contribution in [3.8, 4) is 5.75 Å². The first-order chi connectivity index (χ1) is 11.0. The highest BCUT2D eigenvalue weighted by molar-refractivity contribution is 5.77. The first-order valence-electron chi connectivity index (χ1n) is 6.95. The lowest BCUT2D eigenvalue weighted by atomic mass is 9.77. The minimum Gasteiger partial charge on any atom is -0.505 e. The minimum atomic E-state index is -4.83. The Morgan fingerprint density at radius 3 is 2.42 bits per heavy atom. The number of phenols is 1. The summed E-state index contributed by atoms with van der Waals surface area (Å²) in [7, 11) is 0.960. The first-order valence-corrected chi connectivity index (χ1v) is 6.95. The Morgan fingerprint density at radius 1 is 1.33 bits per heavy atom. The summed E-state index contributed by atoms with van der Waals surface area (Å²) in [5, 5.41) is 9.80. The third kappa shape index (κ3) is 2.60. The van der Waals surface area contributed by atoms with E-state index in [0.29, 0.717) is 6.07 Å². The smallest absolute Gasteiger partial charge is 0.417 e.